The fourth-order valence-corrected chi connectivity index (χ4v) is 5.06. The van der Waals surface area contributed by atoms with Crippen LogP contribution in [0.15, 0.2) is 90.1 Å². The van der Waals surface area contributed by atoms with Crippen LogP contribution in [0.1, 0.15) is 23.3 Å². The van der Waals surface area contributed by atoms with Crippen molar-refractivity contribution in [2.24, 2.45) is 0 Å². The predicted octanol–water partition coefficient (Wildman–Crippen LogP) is 6.06. The quantitative estimate of drug-likeness (QED) is 0.294. The molecule has 0 saturated heterocycles. The number of carbonyl (C=O) groups excluding carboxylic acids is 1. The fraction of sp³-hybridized carbons (Fsp3) is 0.148. The molecule has 7 heteroatoms. The highest BCUT2D eigenvalue weighted by atomic mass is 32.2. The second kappa shape index (κ2) is 9.57. The van der Waals surface area contributed by atoms with Crippen molar-refractivity contribution >= 4 is 39.9 Å². The number of benzene rings is 3. The minimum Gasteiger partial charge on any atom is -0.492 e. The first-order valence-corrected chi connectivity index (χ1v) is 12.0. The zero-order chi connectivity index (χ0) is 23.5. The number of ether oxygens (including phenoxy) is 1. The normalized spacial score (nSPS) is 12.1. The van der Waals surface area contributed by atoms with Gasteiger partial charge < -0.3 is 10.1 Å². The van der Waals surface area contributed by atoms with Crippen molar-refractivity contribution in [3.63, 3.8) is 0 Å². The Bertz CT molecular complexity index is 1470. The van der Waals surface area contributed by atoms with E-state index in [0.29, 0.717) is 23.2 Å². The van der Waals surface area contributed by atoms with Crippen LogP contribution in [0.4, 0.5) is 5.69 Å². The maximum absolute atomic E-state index is 13.6. The molecule has 1 unspecified atom stereocenters. The highest BCUT2D eigenvalue weighted by molar-refractivity contribution is 8.00. The molecule has 0 radical (unpaired) electrons. The minimum absolute atomic E-state index is 0.156. The molecule has 0 bridgehead atoms. The highest BCUT2D eigenvalue weighted by Crippen LogP contribution is 2.37. The van der Waals surface area contributed by atoms with Crippen LogP contribution in [0.2, 0.25) is 0 Å². The number of aryl methyl sites for hydroxylation is 1. The largest absolute Gasteiger partial charge is 0.492 e. The molecule has 0 fully saturated rings. The molecule has 170 valence electrons. The molecule has 2 heterocycles. The van der Waals surface area contributed by atoms with Gasteiger partial charge in [-0.1, -0.05) is 72.4 Å². The summed E-state index contributed by atoms with van der Waals surface area (Å²) in [6.45, 7) is 4.51. The average Bonchev–Trinajstić information content (AvgIpc) is 3.27. The molecule has 1 amide bonds. The standard InChI is InChI=1S/C27H24N4O2S/c1-3-33-23-16-10-8-14-21(23)28-26(32)25(19-11-5-4-6-12-19)34-27-30-29-24-17-18(2)20-13-7-9-15-22(20)31(24)27/h4-17,25H,3H2,1-2H3,(H,28,32). The second-order valence-electron chi connectivity index (χ2n) is 7.85. The summed E-state index contributed by atoms with van der Waals surface area (Å²) in [4.78, 5) is 13.6. The number of hydrogen-bond acceptors (Lipinski definition) is 5. The molecule has 6 nitrogen and oxygen atoms in total. The topological polar surface area (TPSA) is 68.5 Å². The van der Waals surface area contributed by atoms with Crippen molar-refractivity contribution in [2.45, 2.75) is 24.3 Å². The van der Waals surface area contributed by atoms with Gasteiger partial charge in [-0.05, 0) is 49.2 Å². The van der Waals surface area contributed by atoms with Gasteiger partial charge in [-0.3, -0.25) is 9.20 Å². The van der Waals surface area contributed by atoms with Crippen molar-refractivity contribution in [3.8, 4) is 5.75 Å². The van der Waals surface area contributed by atoms with E-state index >= 15 is 0 Å². The van der Waals surface area contributed by atoms with E-state index in [9.17, 15) is 4.79 Å². The lowest BCUT2D eigenvalue weighted by Crippen LogP contribution is -2.20. The molecule has 1 atom stereocenters. The summed E-state index contributed by atoms with van der Waals surface area (Å²) in [5, 5.41) is 13.2. The molecule has 1 N–H and O–H groups in total. The number of hydrogen-bond donors (Lipinski definition) is 1. The number of rotatable bonds is 7. The number of anilines is 1. The number of thioether (sulfide) groups is 1. The lowest BCUT2D eigenvalue weighted by atomic mass is 10.1. The van der Waals surface area contributed by atoms with E-state index in [1.54, 1.807) is 0 Å². The number of nitrogens with zero attached hydrogens (tertiary/aromatic N) is 3. The summed E-state index contributed by atoms with van der Waals surface area (Å²) >= 11 is 1.38. The lowest BCUT2D eigenvalue weighted by Gasteiger charge is -2.18. The van der Waals surface area contributed by atoms with E-state index in [-0.39, 0.29) is 5.91 Å². The Morgan fingerprint density at radius 1 is 1.00 bits per heavy atom. The van der Waals surface area contributed by atoms with Crippen molar-refractivity contribution in [3.05, 3.63) is 96.1 Å². The third-order valence-corrected chi connectivity index (χ3v) is 6.78. The summed E-state index contributed by atoms with van der Waals surface area (Å²) in [5.74, 6) is 0.487. The van der Waals surface area contributed by atoms with Gasteiger partial charge in [0, 0.05) is 5.39 Å². The van der Waals surface area contributed by atoms with E-state index in [1.165, 1.54) is 11.8 Å². The summed E-state index contributed by atoms with van der Waals surface area (Å²) in [6.07, 6.45) is 0. The van der Waals surface area contributed by atoms with E-state index in [4.69, 9.17) is 4.74 Å². The molecule has 34 heavy (non-hydrogen) atoms. The van der Waals surface area contributed by atoms with Gasteiger partial charge in [-0.25, -0.2) is 0 Å². The van der Waals surface area contributed by atoms with Crippen LogP contribution in [-0.4, -0.2) is 27.1 Å². The van der Waals surface area contributed by atoms with Crippen LogP contribution < -0.4 is 10.1 Å². The van der Waals surface area contributed by atoms with Gasteiger partial charge in [0.2, 0.25) is 5.91 Å². The molecule has 0 spiro atoms. The molecular formula is C27H24N4O2S. The third kappa shape index (κ3) is 4.22. The van der Waals surface area contributed by atoms with E-state index < -0.39 is 5.25 Å². The Balaban J connectivity index is 1.55. The molecule has 2 aromatic heterocycles. The predicted molar refractivity (Wildman–Crippen MR) is 137 cm³/mol. The van der Waals surface area contributed by atoms with Crippen molar-refractivity contribution in [1.82, 2.24) is 14.6 Å². The molecular weight excluding hydrogens is 444 g/mol. The first-order valence-electron chi connectivity index (χ1n) is 11.1. The summed E-state index contributed by atoms with van der Waals surface area (Å²) in [7, 11) is 0. The monoisotopic (exact) mass is 468 g/mol. The number of aromatic nitrogens is 3. The SMILES string of the molecule is CCOc1ccccc1NC(=O)C(Sc1nnc2cc(C)c3ccccc3n12)c1ccccc1. The molecule has 5 rings (SSSR count). The molecule has 0 aliphatic carbocycles. The molecule has 3 aromatic carbocycles. The molecule has 5 aromatic rings. The molecule has 0 aliphatic heterocycles. The number of nitrogens with one attached hydrogen (secondary N) is 1. The second-order valence-corrected chi connectivity index (χ2v) is 8.92. The van der Waals surface area contributed by atoms with Crippen LogP contribution in [-0.2, 0) is 4.79 Å². The average molecular weight is 469 g/mol. The zero-order valence-corrected chi connectivity index (χ0v) is 19.8. The number of amides is 1. The van der Waals surface area contributed by atoms with Gasteiger partial charge in [0.1, 0.15) is 11.0 Å². The summed E-state index contributed by atoms with van der Waals surface area (Å²) < 4.78 is 7.72. The van der Waals surface area contributed by atoms with Crippen LogP contribution >= 0.6 is 11.8 Å². The van der Waals surface area contributed by atoms with Gasteiger partial charge in [0.25, 0.3) is 0 Å². The lowest BCUT2D eigenvalue weighted by molar-refractivity contribution is -0.115. The fourth-order valence-electron chi connectivity index (χ4n) is 4.01. The summed E-state index contributed by atoms with van der Waals surface area (Å²) in [5.41, 5.74) is 4.43. The number of para-hydroxylation sites is 3. The molecule has 0 saturated carbocycles. The third-order valence-electron chi connectivity index (χ3n) is 5.58. The van der Waals surface area contributed by atoms with Crippen LogP contribution in [0.3, 0.4) is 0 Å². The zero-order valence-electron chi connectivity index (χ0n) is 18.9. The van der Waals surface area contributed by atoms with Gasteiger partial charge in [0.15, 0.2) is 10.8 Å². The van der Waals surface area contributed by atoms with E-state index in [2.05, 4.69) is 34.6 Å². The molecule has 0 aliphatic rings. The maximum Gasteiger partial charge on any atom is 0.242 e. The van der Waals surface area contributed by atoms with Gasteiger partial charge in [0.05, 0.1) is 17.8 Å². The Morgan fingerprint density at radius 2 is 1.74 bits per heavy atom. The number of carbonyl (C=O) groups is 1. The van der Waals surface area contributed by atoms with Crippen LogP contribution in [0.5, 0.6) is 5.75 Å². The van der Waals surface area contributed by atoms with Gasteiger partial charge in [-0.15, -0.1) is 10.2 Å². The Labute approximate surface area is 202 Å². The van der Waals surface area contributed by atoms with Gasteiger partial charge in [-0.2, -0.15) is 0 Å². The van der Waals surface area contributed by atoms with Gasteiger partial charge >= 0.3 is 0 Å². The Hall–Kier alpha value is -3.84. The van der Waals surface area contributed by atoms with Crippen LogP contribution in [0, 0.1) is 6.92 Å². The number of fused-ring (bicyclic) bond motifs is 3. The highest BCUT2D eigenvalue weighted by Gasteiger charge is 2.26. The summed E-state index contributed by atoms with van der Waals surface area (Å²) in [6, 6.07) is 27.4. The van der Waals surface area contributed by atoms with Crippen molar-refractivity contribution in [2.75, 3.05) is 11.9 Å². The Morgan fingerprint density at radius 3 is 2.56 bits per heavy atom. The first kappa shape index (κ1) is 22.0. The van der Waals surface area contributed by atoms with Crippen molar-refractivity contribution < 1.29 is 9.53 Å². The smallest absolute Gasteiger partial charge is 0.242 e. The van der Waals surface area contributed by atoms with Crippen LogP contribution in [0.25, 0.3) is 16.6 Å². The Kier molecular flexibility index (Phi) is 6.18. The first-order chi connectivity index (χ1) is 16.7. The number of pyridine rings is 1. The van der Waals surface area contributed by atoms with E-state index in [0.717, 1.165) is 27.7 Å². The van der Waals surface area contributed by atoms with E-state index in [1.807, 2.05) is 84.1 Å². The maximum atomic E-state index is 13.6. The minimum atomic E-state index is -0.539. The van der Waals surface area contributed by atoms with Crippen molar-refractivity contribution in [1.29, 1.82) is 0 Å².